The molecule has 2 heterocycles. The molecule has 1 N–H and O–H groups in total. The fourth-order valence-corrected chi connectivity index (χ4v) is 2.06. The number of nitrogens with zero attached hydrogens (tertiary/aromatic N) is 3. The van der Waals surface area contributed by atoms with E-state index < -0.39 is 30.0 Å². The van der Waals surface area contributed by atoms with Gasteiger partial charge >= 0.3 is 12.2 Å². The molecule has 1 saturated heterocycles. The lowest BCUT2D eigenvalue weighted by molar-refractivity contribution is -0.138. The van der Waals surface area contributed by atoms with Crippen molar-refractivity contribution in [1.82, 2.24) is 9.88 Å². The second kappa shape index (κ2) is 6.51. The van der Waals surface area contributed by atoms with Gasteiger partial charge in [0.15, 0.2) is 6.23 Å². The first-order valence-electron chi connectivity index (χ1n) is 6.92. The zero-order valence-corrected chi connectivity index (χ0v) is 13.1. The molecule has 5 nitrogen and oxygen atoms in total. The number of carbonyl (C=O) groups is 1. The standard InChI is InChI=1S/C12H14F3N3O2.C2H6/c1-6-5-16-9(4-8(6)12(13,14)15)18-10(19)7(2)17(3)11(18)20;1-2/h4-5,7,10,19H,1-3H3;1-2H3. The van der Waals surface area contributed by atoms with Crippen LogP contribution in [0.15, 0.2) is 12.3 Å². The van der Waals surface area contributed by atoms with E-state index in [1.54, 1.807) is 6.92 Å². The summed E-state index contributed by atoms with van der Waals surface area (Å²) < 4.78 is 38.6. The number of amides is 2. The van der Waals surface area contributed by atoms with Gasteiger partial charge < -0.3 is 10.0 Å². The van der Waals surface area contributed by atoms with E-state index in [1.807, 2.05) is 13.8 Å². The highest BCUT2D eigenvalue weighted by Crippen LogP contribution is 2.35. The number of alkyl halides is 3. The normalized spacial score (nSPS) is 21.8. The predicted octanol–water partition coefficient (Wildman–Crippen LogP) is 3.01. The molecule has 2 rings (SSSR count). The number of carbonyl (C=O) groups excluding carboxylic acids is 1. The van der Waals surface area contributed by atoms with Crippen molar-refractivity contribution in [3.63, 3.8) is 0 Å². The van der Waals surface area contributed by atoms with Crippen LogP contribution in [0.1, 0.15) is 31.9 Å². The maximum Gasteiger partial charge on any atom is 0.416 e. The Kier molecular flexibility index (Phi) is 5.39. The number of likely N-dealkylation sites (N-methyl/N-ethyl adjacent to an activating group) is 1. The van der Waals surface area contributed by atoms with Crippen molar-refractivity contribution in [1.29, 1.82) is 0 Å². The number of urea groups is 1. The Balaban J connectivity index is 0.00000116. The molecular formula is C14H20F3N3O2. The second-order valence-electron chi connectivity index (χ2n) is 4.77. The van der Waals surface area contributed by atoms with Crippen LogP contribution >= 0.6 is 0 Å². The maximum absolute atomic E-state index is 12.9. The van der Waals surface area contributed by atoms with Gasteiger partial charge in [0.25, 0.3) is 0 Å². The van der Waals surface area contributed by atoms with E-state index >= 15 is 0 Å². The smallest absolute Gasteiger partial charge is 0.371 e. The van der Waals surface area contributed by atoms with Gasteiger partial charge in [-0.3, -0.25) is 0 Å². The van der Waals surface area contributed by atoms with Crippen LogP contribution in [-0.4, -0.2) is 40.3 Å². The molecule has 1 aromatic heterocycles. The van der Waals surface area contributed by atoms with Crippen LogP contribution in [0.4, 0.5) is 23.8 Å². The summed E-state index contributed by atoms with van der Waals surface area (Å²) in [5.41, 5.74) is -0.909. The van der Waals surface area contributed by atoms with Crippen LogP contribution in [-0.2, 0) is 6.18 Å². The van der Waals surface area contributed by atoms with Crippen molar-refractivity contribution >= 4 is 11.8 Å². The topological polar surface area (TPSA) is 56.7 Å². The number of aromatic nitrogens is 1. The molecule has 1 aromatic rings. The van der Waals surface area contributed by atoms with Gasteiger partial charge in [-0.05, 0) is 25.5 Å². The number of aliphatic hydroxyl groups excluding tert-OH is 1. The Labute approximate surface area is 127 Å². The first-order valence-corrected chi connectivity index (χ1v) is 6.92. The molecule has 0 aromatic carbocycles. The molecule has 0 bridgehead atoms. The van der Waals surface area contributed by atoms with Crippen LogP contribution in [0, 0.1) is 6.92 Å². The number of aryl methyl sites for hydroxylation is 1. The van der Waals surface area contributed by atoms with Crippen LogP contribution in [0.2, 0.25) is 0 Å². The minimum atomic E-state index is -4.53. The summed E-state index contributed by atoms with van der Waals surface area (Å²) in [5, 5.41) is 9.96. The minimum Gasteiger partial charge on any atom is -0.371 e. The molecule has 2 unspecified atom stereocenters. The zero-order chi connectivity index (χ0) is 17.2. The SMILES string of the molecule is CC.Cc1cnc(N2C(=O)N(C)C(C)C2O)cc1C(F)(F)F. The van der Waals surface area contributed by atoms with Crippen molar-refractivity contribution < 1.29 is 23.1 Å². The van der Waals surface area contributed by atoms with E-state index in [1.165, 1.54) is 18.9 Å². The highest BCUT2D eigenvalue weighted by Gasteiger charge is 2.43. The van der Waals surface area contributed by atoms with Crippen LogP contribution in [0.5, 0.6) is 0 Å². The number of aliphatic hydroxyl groups is 1. The van der Waals surface area contributed by atoms with Crippen molar-refractivity contribution in [2.45, 2.75) is 46.1 Å². The van der Waals surface area contributed by atoms with Crippen molar-refractivity contribution in [3.8, 4) is 0 Å². The molecule has 8 heteroatoms. The Bertz CT molecular complexity index is 549. The van der Waals surface area contributed by atoms with Gasteiger partial charge in [0.1, 0.15) is 5.82 Å². The molecule has 22 heavy (non-hydrogen) atoms. The van der Waals surface area contributed by atoms with Crippen LogP contribution in [0.25, 0.3) is 0 Å². The van der Waals surface area contributed by atoms with E-state index in [0.29, 0.717) is 0 Å². The van der Waals surface area contributed by atoms with E-state index in [0.717, 1.165) is 17.2 Å². The first-order chi connectivity index (χ1) is 10.1. The molecule has 0 radical (unpaired) electrons. The lowest BCUT2D eigenvalue weighted by Gasteiger charge is -2.20. The lowest BCUT2D eigenvalue weighted by Crippen LogP contribution is -2.36. The van der Waals surface area contributed by atoms with Crippen LogP contribution < -0.4 is 4.90 Å². The molecule has 0 aliphatic carbocycles. The van der Waals surface area contributed by atoms with Gasteiger partial charge in [-0.2, -0.15) is 13.2 Å². The van der Waals surface area contributed by atoms with E-state index in [-0.39, 0.29) is 11.4 Å². The third kappa shape index (κ3) is 3.16. The summed E-state index contributed by atoms with van der Waals surface area (Å²) in [6, 6.07) is -0.336. The van der Waals surface area contributed by atoms with Gasteiger partial charge in [-0.15, -0.1) is 0 Å². The van der Waals surface area contributed by atoms with Gasteiger partial charge in [0.05, 0.1) is 11.6 Å². The maximum atomic E-state index is 12.9. The lowest BCUT2D eigenvalue weighted by atomic mass is 10.1. The predicted molar refractivity (Wildman–Crippen MR) is 76.4 cm³/mol. The third-order valence-electron chi connectivity index (χ3n) is 3.46. The summed E-state index contributed by atoms with van der Waals surface area (Å²) in [4.78, 5) is 17.9. The Morgan fingerprint density at radius 3 is 2.27 bits per heavy atom. The van der Waals surface area contributed by atoms with Gasteiger partial charge in [0, 0.05) is 13.2 Å². The number of hydrogen-bond donors (Lipinski definition) is 1. The molecule has 1 aliphatic rings. The quantitative estimate of drug-likeness (QED) is 0.865. The fourth-order valence-electron chi connectivity index (χ4n) is 2.06. The minimum absolute atomic E-state index is 0.0382. The highest BCUT2D eigenvalue weighted by atomic mass is 19.4. The largest absolute Gasteiger partial charge is 0.416 e. The van der Waals surface area contributed by atoms with Gasteiger partial charge in [0.2, 0.25) is 0 Å². The van der Waals surface area contributed by atoms with E-state index in [4.69, 9.17) is 0 Å². The molecule has 1 fully saturated rings. The van der Waals surface area contributed by atoms with Crippen LogP contribution in [0.3, 0.4) is 0 Å². The average molecular weight is 319 g/mol. The van der Waals surface area contributed by atoms with Crippen molar-refractivity contribution in [2.75, 3.05) is 11.9 Å². The number of pyridine rings is 1. The molecular weight excluding hydrogens is 299 g/mol. The zero-order valence-electron chi connectivity index (χ0n) is 13.1. The number of anilines is 1. The number of hydrogen-bond acceptors (Lipinski definition) is 3. The van der Waals surface area contributed by atoms with Crippen molar-refractivity contribution in [3.05, 3.63) is 23.4 Å². The summed E-state index contributed by atoms with van der Waals surface area (Å²) >= 11 is 0. The molecule has 0 saturated carbocycles. The average Bonchev–Trinajstić information content (AvgIpc) is 2.65. The highest BCUT2D eigenvalue weighted by molar-refractivity contribution is 5.94. The molecule has 2 atom stereocenters. The third-order valence-corrected chi connectivity index (χ3v) is 3.46. The summed E-state index contributed by atoms with van der Waals surface area (Å²) in [5.74, 6) is -0.211. The monoisotopic (exact) mass is 319 g/mol. The number of rotatable bonds is 1. The molecule has 2 amide bonds. The Morgan fingerprint density at radius 2 is 1.86 bits per heavy atom. The number of halogens is 3. The van der Waals surface area contributed by atoms with Gasteiger partial charge in [-0.1, -0.05) is 13.8 Å². The summed E-state index contributed by atoms with van der Waals surface area (Å²) in [6.45, 7) is 6.89. The molecule has 124 valence electrons. The summed E-state index contributed by atoms with van der Waals surface area (Å²) in [7, 11) is 1.47. The molecule has 0 spiro atoms. The van der Waals surface area contributed by atoms with E-state index in [9.17, 15) is 23.1 Å². The van der Waals surface area contributed by atoms with E-state index in [2.05, 4.69) is 4.98 Å². The first kappa shape index (κ1) is 18.2. The second-order valence-corrected chi connectivity index (χ2v) is 4.77. The fraction of sp³-hybridized carbons (Fsp3) is 0.571. The van der Waals surface area contributed by atoms with Crippen molar-refractivity contribution in [2.24, 2.45) is 0 Å². The summed E-state index contributed by atoms with van der Waals surface area (Å²) in [6.07, 6.45) is -4.72. The Hall–Kier alpha value is -1.83. The molecule has 1 aliphatic heterocycles. The Morgan fingerprint density at radius 1 is 1.32 bits per heavy atom. The van der Waals surface area contributed by atoms with Gasteiger partial charge in [-0.25, -0.2) is 14.7 Å².